The maximum atomic E-state index is 5.69. The highest BCUT2D eigenvalue weighted by atomic mass is 16.5. The summed E-state index contributed by atoms with van der Waals surface area (Å²) in [5.74, 6) is 2.72. The van der Waals surface area contributed by atoms with E-state index >= 15 is 0 Å². The number of hydrazone groups is 1. The van der Waals surface area contributed by atoms with Crippen LogP contribution in [-0.2, 0) is 4.74 Å². The molecule has 2 aromatic carbocycles. The molecule has 1 aliphatic heterocycles. The van der Waals surface area contributed by atoms with Gasteiger partial charge in [-0.05, 0) is 49.7 Å². The maximum Gasteiger partial charge on any atom is 0.250 e. The summed E-state index contributed by atoms with van der Waals surface area (Å²) >= 11 is 0. The van der Waals surface area contributed by atoms with Gasteiger partial charge in [-0.15, -0.1) is 0 Å². The second-order valence-corrected chi connectivity index (χ2v) is 7.32. The average molecular weight is 464 g/mol. The van der Waals surface area contributed by atoms with Crippen LogP contribution in [0.25, 0.3) is 0 Å². The van der Waals surface area contributed by atoms with Crippen LogP contribution in [0.2, 0.25) is 0 Å². The summed E-state index contributed by atoms with van der Waals surface area (Å²) in [5.41, 5.74) is 4.66. The van der Waals surface area contributed by atoms with Crippen molar-refractivity contribution in [1.29, 1.82) is 0 Å². The summed E-state index contributed by atoms with van der Waals surface area (Å²) in [6.45, 7) is 7.68. The van der Waals surface area contributed by atoms with Gasteiger partial charge >= 0.3 is 0 Å². The molecule has 2 heterocycles. The van der Waals surface area contributed by atoms with E-state index in [9.17, 15) is 0 Å². The number of hydrogen-bond donors (Lipinski definition) is 2. The van der Waals surface area contributed by atoms with Crippen LogP contribution in [0, 0.1) is 0 Å². The lowest BCUT2D eigenvalue weighted by Crippen LogP contribution is -2.37. The molecule has 1 fully saturated rings. The number of anilines is 4. The molecule has 178 valence electrons. The van der Waals surface area contributed by atoms with Crippen LogP contribution in [0.4, 0.5) is 23.5 Å². The number of nitrogens with zero attached hydrogens (tertiary/aromatic N) is 5. The molecule has 0 amide bonds. The molecule has 0 unspecified atom stereocenters. The lowest BCUT2D eigenvalue weighted by Gasteiger charge is -2.27. The number of rotatable bonds is 10. The number of hydrogen-bond acceptors (Lipinski definition) is 10. The van der Waals surface area contributed by atoms with E-state index in [4.69, 9.17) is 14.2 Å². The molecule has 0 radical (unpaired) electrons. The lowest BCUT2D eigenvalue weighted by molar-refractivity contribution is 0.122. The highest BCUT2D eigenvalue weighted by Gasteiger charge is 2.16. The zero-order valence-corrected chi connectivity index (χ0v) is 19.4. The molecule has 0 spiro atoms. The normalized spacial score (nSPS) is 13.6. The van der Waals surface area contributed by atoms with Crippen molar-refractivity contribution in [2.75, 3.05) is 55.2 Å². The maximum absolute atomic E-state index is 5.69. The van der Waals surface area contributed by atoms with Crippen LogP contribution >= 0.6 is 0 Å². The first kappa shape index (κ1) is 23.2. The highest BCUT2D eigenvalue weighted by Crippen LogP contribution is 2.28. The lowest BCUT2D eigenvalue weighted by atomic mass is 10.2. The first-order valence-corrected chi connectivity index (χ1v) is 11.3. The Labute approximate surface area is 199 Å². The van der Waals surface area contributed by atoms with Crippen molar-refractivity contribution >= 4 is 29.7 Å². The third-order valence-corrected chi connectivity index (χ3v) is 4.89. The number of morpholine rings is 1. The molecule has 10 nitrogen and oxygen atoms in total. The predicted octanol–water partition coefficient (Wildman–Crippen LogP) is 3.70. The molecule has 3 aromatic rings. The van der Waals surface area contributed by atoms with Gasteiger partial charge in [-0.1, -0.05) is 18.2 Å². The molecule has 1 saturated heterocycles. The van der Waals surface area contributed by atoms with E-state index in [1.807, 2.05) is 62.4 Å². The number of para-hydroxylation sites is 1. The third kappa shape index (κ3) is 6.32. The Hall–Kier alpha value is -3.92. The van der Waals surface area contributed by atoms with E-state index in [1.54, 1.807) is 6.21 Å². The smallest absolute Gasteiger partial charge is 0.250 e. The quantitative estimate of drug-likeness (QED) is 0.344. The van der Waals surface area contributed by atoms with Crippen LogP contribution in [-0.4, -0.2) is 60.7 Å². The largest absolute Gasteiger partial charge is 0.490 e. The molecule has 10 heteroatoms. The number of ether oxygens (including phenoxy) is 3. The first-order chi connectivity index (χ1) is 16.7. The molecule has 0 bridgehead atoms. The minimum absolute atomic E-state index is 0.335. The molecule has 0 atom stereocenters. The van der Waals surface area contributed by atoms with Gasteiger partial charge in [-0.3, -0.25) is 0 Å². The molecule has 1 aromatic heterocycles. The SMILES string of the molecule is CCOc1ccc(/C=N/Nc2nc(Nc3ccccc3)nc(N3CCOCC3)n2)cc1OCC. The Morgan fingerprint density at radius 2 is 1.68 bits per heavy atom. The molecular weight excluding hydrogens is 434 g/mol. The Morgan fingerprint density at radius 3 is 2.44 bits per heavy atom. The second-order valence-electron chi connectivity index (χ2n) is 7.32. The van der Waals surface area contributed by atoms with Gasteiger partial charge < -0.3 is 24.4 Å². The molecular formula is C24H29N7O3. The highest BCUT2D eigenvalue weighted by molar-refractivity contribution is 5.81. The average Bonchev–Trinajstić information content (AvgIpc) is 2.87. The Balaban J connectivity index is 1.53. The van der Waals surface area contributed by atoms with Crippen LogP contribution in [0.5, 0.6) is 11.5 Å². The fraction of sp³-hybridized carbons (Fsp3) is 0.333. The number of aromatic nitrogens is 3. The van der Waals surface area contributed by atoms with Crippen LogP contribution < -0.4 is 25.1 Å². The van der Waals surface area contributed by atoms with Crippen molar-refractivity contribution in [1.82, 2.24) is 15.0 Å². The molecule has 0 saturated carbocycles. The zero-order valence-electron chi connectivity index (χ0n) is 19.4. The van der Waals surface area contributed by atoms with Gasteiger partial charge in [0, 0.05) is 18.8 Å². The van der Waals surface area contributed by atoms with E-state index in [0.29, 0.717) is 68.9 Å². The van der Waals surface area contributed by atoms with Crippen molar-refractivity contribution < 1.29 is 14.2 Å². The van der Waals surface area contributed by atoms with Gasteiger partial charge in [0.2, 0.25) is 17.8 Å². The van der Waals surface area contributed by atoms with Gasteiger partial charge in [-0.2, -0.15) is 20.1 Å². The van der Waals surface area contributed by atoms with E-state index < -0.39 is 0 Å². The Kier molecular flexibility index (Phi) is 8.07. The van der Waals surface area contributed by atoms with E-state index in [-0.39, 0.29) is 0 Å². The molecule has 0 aliphatic carbocycles. The van der Waals surface area contributed by atoms with Crippen molar-refractivity contribution in [2.24, 2.45) is 5.10 Å². The first-order valence-electron chi connectivity index (χ1n) is 11.3. The molecule has 2 N–H and O–H groups in total. The number of benzene rings is 2. The van der Waals surface area contributed by atoms with E-state index in [1.165, 1.54) is 0 Å². The summed E-state index contributed by atoms with van der Waals surface area (Å²) in [4.78, 5) is 15.7. The van der Waals surface area contributed by atoms with Crippen LogP contribution in [0.1, 0.15) is 19.4 Å². The van der Waals surface area contributed by atoms with Gasteiger partial charge in [-0.25, -0.2) is 5.43 Å². The summed E-state index contributed by atoms with van der Waals surface area (Å²) in [5, 5.41) is 7.56. The fourth-order valence-electron chi connectivity index (χ4n) is 3.34. The van der Waals surface area contributed by atoms with Crippen molar-refractivity contribution in [3.63, 3.8) is 0 Å². The minimum Gasteiger partial charge on any atom is -0.490 e. The molecule has 4 rings (SSSR count). The second kappa shape index (κ2) is 11.8. The van der Waals surface area contributed by atoms with E-state index in [0.717, 1.165) is 11.3 Å². The van der Waals surface area contributed by atoms with Gasteiger partial charge in [0.25, 0.3) is 0 Å². The van der Waals surface area contributed by atoms with Crippen LogP contribution in [0.15, 0.2) is 53.6 Å². The third-order valence-electron chi connectivity index (χ3n) is 4.89. The fourth-order valence-corrected chi connectivity index (χ4v) is 3.34. The topological polar surface area (TPSA) is 106 Å². The van der Waals surface area contributed by atoms with Gasteiger partial charge in [0.05, 0.1) is 32.6 Å². The Morgan fingerprint density at radius 1 is 0.941 bits per heavy atom. The Bertz CT molecular complexity index is 1090. The van der Waals surface area contributed by atoms with Gasteiger partial charge in [0.15, 0.2) is 11.5 Å². The summed E-state index contributed by atoms with van der Waals surface area (Å²) in [7, 11) is 0. The minimum atomic E-state index is 0.335. The molecule has 1 aliphatic rings. The van der Waals surface area contributed by atoms with Crippen LogP contribution in [0.3, 0.4) is 0 Å². The zero-order chi connectivity index (χ0) is 23.6. The van der Waals surface area contributed by atoms with Crippen molar-refractivity contribution in [3.05, 3.63) is 54.1 Å². The van der Waals surface area contributed by atoms with Crippen molar-refractivity contribution in [3.8, 4) is 11.5 Å². The summed E-state index contributed by atoms with van der Waals surface area (Å²) < 4.78 is 16.8. The summed E-state index contributed by atoms with van der Waals surface area (Å²) in [6.07, 6.45) is 1.68. The predicted molar refractivity (Wildman–Crippen MR) is 133 cm³/mol. The molecule has 34 heavy (non-hydrogen) atoms. The standard InChI is InChI=1S/C24H29N7O3/c1-3-33-20-11-10-18(16-21(20)34-4-2)17-25-30-23-27-22(26-19-8-6-5-7-9-19)28-24(29-23)31-12-14-32-15-13-31/h5-11,16-17H,3-4,12-15H2,1-2H3,(H2,26,27,28,29,30)/b25-17+. The summed E-state index contributed by atoms with van der Waals surface area (Å²) in [6, 6.07) is 15.4. The van der Waals surface area contributed by atoms with Gasteiger partial charge in [0.1, 0.15) is 0 Å². The monoisotopic (exact) mass is 463 g/mol. The van der Waals surface area contributed by atoms with Crippen molar-refractivity contribution in [2.45, 2.75) is 13.8 Å². The number of nitrogens with one attached hydrogen (secondary N) is 2. The van der Waals surface area contributed by atoms with E-state index in [2.05, 4.69) is 35.7 Å².